The normalized spacial score (nSPS) is 23.7. The van der Waals surface area contributed by atoms with Gasteiger partial charge in [0.25, 0.3) is 0 Å². The molecule has 0 saturated heterocycles. The van der Waals surface area contributed by atoms with E-state index >= 15 is 0 Å². The molecule has 1 aromatic heterocycles. The van der Waals surface area contributed by atoms with Crippen molar-refractivity contribution in [2.45, 2.75) is 77.0 Å². The molecular formula is C31H40FN5O2S. The first-order valence-corrected chi connectivity index (χ1v) is 15.6. The number of carbonyl (C=O) groups is 1. The van der Waals surface area contributed by atoms with E-state index < -0.39 is 5.66 Å². The number of ether oxygens (including phenoxy) is 1. The highest BCUT2D eigenvalue weighted by Crippen LogP contribution is 2.48. The van der Waals surface area contributed by atoms with Crippen LogP contribution < -0.4 is 20.4 Å². The second-order valence-electron chi connectivity index (χ2n) is 12.1. The number of amides is 2. The molecule has 0 radical (unpaired) electrons. The van der Waals surface area contributed by atoms with Crippen LogP contribution in [-0.2, 0) is 6.54 Å². The van der Waals surface area contributed by atoms with E-state index in [1.807, 2.05) is 33.2 Å². The summed E-state index contributed by atoms with van der Waals surface area (Å²) >= 11 is 1.34. The van der Waals surface area contributed by atoms with Gasteiger partial charge in [-0.25, -0.2) is 14.6 Å². The fourth-order valence-corrected chi connectivity index (χ4v) is 7.45. The van der Waals surface area contributed by atoms with Gasteiger partial charge < -0.3 is 9.30 Å². The van der Waals surface area contributed by atoms with Crippen LogP contribution in [0.3, 0.4) is 0 Å². The molecule has 4 bridgehead atoms. The lowest BCUT2D eigenvalue weighted by Crippen LogP contribution is -2.63. The number of urea groups is 1. The van der Waals surface area contributed by atoms with Gasteiger partial charge in [-0.2, -0.15) is 4.41 Å². The van der Waals surface area contributed by atoms with Crippen LogP contribution in [0.15, 0.2) is 36.4 Å². The molecule has 9 heteroatoms. The van der Waals surface area contributed by atoms with Crippen LogP contribution in [0.25, 0.3) is 22.2 Å². The average Bonchev–Trinajstić information content (AvgIpc) is 3.24. The smallest absolute Gasteiger partial charge is 0.349 e. The number of halogens is 1. The fraction of sp³-hybridized carbons (Fsp3) is 0.516. The zero-order valence-corrected chi connectivity index (χ0v) is 24.9. The van der Waals surface area contributed by atoms with Gasteiger partial charge in [-0.1, -0.05) is 25.3 Å². The lowest BCUT2D eigenvalue weighted by Gasteiger charge is -2.39. The number of nitrogens with zero attached hydrogens (tertiary/aromatic N) is 3. The highest BCUT2D eigenvalue weighted by atomic mass is 32.2. The quantitative estimate of drug-likeness (QED) is 0.332. The number of nitrogens with one attached hydrogen (secondary N) is 2. The molecule has 214 valence electrons. The molecule has 2 amide bonds. The first-order chi connectivity index (χ1) is 19.2. The van der Waals surface area contributed by atoms with E-state index in [0.717, 1.165) is 41.1 Å². The van der Waals surface area contributed by atoms with Crippen LogP contribution >= 0.6 is 11.9 Å². The highest BCUT2D eigenvalue weighted by Gasteiger charge is 2.35. The minimum Gasteiger partial charge on any atom is -0.492 e. The predicted molar refractivity (Wildman–Crippen MR) is 161 cm³/mol. The van der Waals surface area contributed by atoms with E-state index in [0.29, 0.717) is 19.1 Å². The molecule has 6 rings (SSSR count). The van der Waals surface area contributed by atoms with Crippen molar-refractivity contribution in [3.05, 3.63) is 47.8 Å². The summed E-state index contributed by atoms with van der Waals surface area (Å²) in [5, 5.41) is 4.92. The van der Waals surface area contributed by atoms with E-state index in [1.54, 1.807) is 21.4 Å². The second-order valence-corrected chi connectivity index (χ2v) is 12.8. The standard InChI is InChI=1S/C31H40FN5O2S/c1-19-21-17-36-26-16-23(35(4)30(38)37(40-5)34-31(2,3)33-19)12-13-24(26)28(20-9-7-6-8-10-20)29(36)25-15-22(32)11-14-27(25)39-18-21/h11-16,19-21,33-34H,6-10,17-18H2,1-5H3/t19?,21-/m0/s1. The van der Waals surface area contributed by atoms with Crippen LogP contribution in [0.4, 0.5) is 14.9 Å². The summed E-state index contributed by atoms with van der Waals surface area (Å²) < 4.78 is 25.3. The summed E-state index contributed by atoms with van der Waals surface area (Å²) in [5.74, 6) is 0.981. The van der Waals surface area contributed by atoms with Gasteiger partial charge >= 0.3 is 6.03 Å². The van der Waals surface area contributed by atoms with E-state index in [-0.39, 0.29) is 23.8 Å². The zero-order valence-electron chi connectivity index (χ0n) is 24.1. The van der Waals surface area contributed by atoms with Crippen molar-refractivity contribution in [2.75, 3.05) is 24.8 Å². The molecule has 3 heterocycles. The van der Waals surface area contributed by atoms with Crippen molar-refractivity contribution < 1.29 is 13.9 Å². The van der Waals surface area contributed by atoms with Crippen molar-refractivity contribution in [3.8, 4) is 17.0 Å². The van der Waals surface area contributed by atoms with Crippen LogP contribution in [0, 0.1) is 11.7 Å². The van der Waals surface area contributed by atoms with Crippen molar-refractivity contribution in [1.82, 2.24) is 19.7 Å². The number of fused-ring (bicyclic) bond motifs is 4. The van der Waals surface area contributed by atoms with E-state index in [2.05, 4.69) is 34.4 Å². The van der Waals surface area contributed by atoms with Gasteiger partial charge in [0.15, 0.2) is 0 Å². The summed E-state index contributed by atoms with van der Waals surface area (Å²) in [4.78, 5) is 15.3. The second kappa shape index (κ2) is 10.6. The number of benzene rings is 2. The topological polar surface area (TPSA) is 61.8 Å². The first kappa shape index (κ1) is 27.4. The Kier molecular flexibility index (Phi) is 7.25. The Bertz CT molecular complexity index is 1430. The Morgan fingerprint density at radius 3 is 2.62 bits per heavy atom. The lowest BCUT2D eigenvalue weighted by atomic mass is 9.81. The molecule has 1 fully saturated rings. The number of rotatable bonds is 2. The molecule has 1 saturated carbocycles. The third kappa shape index (κ3) is 4.86. The van der Waals surface area contributed by atoms with Gasteiger partial charge in [-0.3, -0.25) is 10.2 Å². The molecule has 2 atom stereocenters. The van der Waals surface area contributed by atoms with Crippen molar-refractivity contribution in [3.63, 3.8) is 0 Å². The van der Waals surface area contributed by atoms with Crippen LogP contribution in [0.5, 0.6) is 5.75 Å². The molecule has 2 aromatic carbocycles. The Morgan fingerprint density at radius 2 is 1.88 bits per heavy atom. The van der Waals surface area contributed by atoms with E-state index in [4.69, 9.17) is 4.74 Å². The number of anilines is 1. The highest BCUT2D eigenvalue weighted by molar-refractivity contribution is 7.96. The SMILES string of the molecule is CSN1NC(C)(C)NC(C)[C@@H]2COc3ccc(F)cc3-c3c(C4CCCCC4)c4ccc(cc4n3C2)N(C)C1=O. The van der Waals surface area contributed by atoms with Crippen molar-refractivity contribution in [2.24, 2.45) is 5.92 Å². The minimum absolute atomic E-state index is 0.0494. The van der Waals surface area contributed by atoms with Gasteiger partial charge in [0.05, 0.1) is 23.5 Å². The largest absolute Gasteiger partial charge is 0.492 e. The van der Waals surface area contributed by atoms with Crippen LogP contribution in [0.2, 0.25) is 0 Å². The Morgan fingerprint density at radius 1 is 1.10 bits per heavy atom. The maximum Gasteiger partial charge on any atom is 0.349 e. The number of hydrazine groups is 1. The third-order valence-electron chi connectivity index (χ3n) is 8.87. The van der Waals surface area contributed by atoms with Gasteiger partial charge in [0.2, 0.25) is 0 Å². The molecule has 1 unspecified atom stereocenters. The maximum absolute atomic E-state index is 14.8. The van der Waals surface area contributed by atoms with Crippen LogP contribution in [0.1, 0.15) is 64.4 Å². The van der Waals surface area contributed by atoms with E-state index in [9.17, 15) is 9.18 Å². The number of hydrogen-bond donors (Lipinski definition) is 2. The lowest BCUT2D eigenvalue weighted by molar-refractivity contribution is 0.137. The molecule has 3 aromatic rings. The number of hydrogen-bond acceptors (Lipinski definition) is 5. The van der Waals surface area contributed by atoms with Crippen molar-refractivity contribution in [1.29, 1.82) is 0 Å². The zero-order chi connectivity index (χ0) is 28.2. The maximum atomic E-state index is 14.8. The molecule has 7 nitrogen and oxygen atoms in total. The summed E-state index contributed by atoms with van der Waals surface area (Å²) in [6.07, 6.45) is 7.81. The van der Waals surface area contributed by atoms with Gasteiger partial charge in [-0.15, -0.1) is 0 Å². The van der Waals surface area contributed by atoms with Crippen molar-refractivity contribution >= 4 is 34.6 Å². The molecule has 2 aliphatic heterocycles. The minimum atomic E-state index is -0.572. The third-order valence-corrected chi connectivity index (χ3v) is 9.49. The van der Waals surface area contributed by atoms with Crippen LogP contribution in [-0.4, -0.2) is 46.6 Å². The molecule has 2 N–H and O–H groups in total. The summed E-state index contributed by atoms with van der Waals surface area (Å²) in [5.41, 5.74) is 7.90. The average molecular weight is 566 g/mol. The molecule has 3 aliphatic rings. The Hall–Kier alpha value is -2.75. The van der Waals surface area contributed by atoms with Gasteiger partial charge in [0, 0.05) is 48.4 Å². The van der Waals surface area contributed by atoms with Gasteiger partial charge in [0.1, 0.15) is 11.6 Å². The Labute approximate surface area is 240 Å². The van der Waals surface area contributed by atoms with Gasteiger partial charge in [-0.05, 0) is 87.4 Å². The molecular weight excluding hydrogens is 525 g/mol. The summed E-state index contributed by atoms with van der Waals surface area (Å²) in [6.45, 7) is 7.47. The number of carbonyl (C=O) groups excluding carboxylic acids is 1. The first-order valence-electron chi connectivity index (χ1n) is 14.4. The Balaban J connectivity index is 1.64. The monoisotopic (exact) mass is 565 g/mol. The molecule has 0 spiro atoms. The fourth-order valence-electron chi connectivity index (χ4n) is 6.85. The summed E-state index contributed by atoms with van der Waals surface area (Å²) in [6, 6.07) is 11.2. The molecule has 40 heavy (non-hydrogen) atoms. The predicted octanol–water partition coefficient (Wildman–Crippen LogP) is 6.87. The van der Waals surface area contributed by atoms with E-state index in [1.165, 1.54) is 48.2 Å². The summed E-state index contributed by atoms with van der Waals surface area (Å²) in [7, 11) is 1.82. The number of aromatic nitrogens is 1. The molecule has 1 aliphatic carbocycles.